The van der Waals surface area contributed by atoms with Crippen molar-refractivity contribution in [2.75, 3.05) is 25.1 Å². The smallest absolute Gasteiger partial charge is 0.319 e. The van der Waals surface area contributed by atoms with Gasteiger partial charge < -0.3 is 20.5 Å². The summed E-state index contributed by atoms with van der Waals surface area (Å²) in [7, 11) is 0. The summed E-state index contributed by atoms with van der Waals surface area (Å²) >= 11 is 0. The fourth-order valence-electron chi connectivity index (χ4n) is 1.20. The van der Waals surface area contributed by atoms with Gasteiger partial charge in [0.15, 0.2) is 11.6 Å². The molecule has 0 spiro atoms. The van der Waals surface area contributed by atoms with Gasteiger partial charge in [0.25, 0.3) is 0 Å². The number of carbonyl (C=O) groups excluding carboxylic acids is 1. The lowest BCUT2D eigenvalue weighted by Crippen LogP contribution is -2.30. The van der Waals surface area contributed by atoms with Gasteiger partial charge in [-0.1, -0.05) is 0 Å². The number of anilines is 1. The van der Waals surface area contributed by atoms with Gasteiger partial charge in [-0.25, -0.2) is 9.18 Å². The molecule has 2 amide bonds. The van der Waals surface area contributed by atoms with E-state index in [1.807, 2.05) is 0 Å². The van der Waals surface area contributed by atoms with E-state index in [0.29, 0.717) is 12.3 Å². The number of nitrogens with one attached hydrogen (secondary N) is 2. The molecular weight excluding hydrogens is 227 g/mol. The number of aliphatic hydroxyl groups excluding tert-OH is 1. The van der Waals surface area contributed by atoms with Gasteiger partial charge in [0.05, 0.1) is 13.2 Å². The maximum Gasteiger partial charge on any atom is 0.319 e. The Morgan fingerprint density at radius 1 is 1.53 bits per heavy atom. The van der Waals surface area contributed by atoms with Crippen LogP contribution in [-0.4, -0.2) is 30.9 Å². The van der Waals surface area contributed by atoms with Gasteiger partial charge in [0.2, 0.25) is 0 Å². The number of rotatable bonds is 5. The standard InChI is InChI=1S/C11H15FN2O3/c1-2-17-10-4-3-8(7-9(10)12)14-11(16)13-5-6-15/h3-4,7,15H,2,5-6H2,1H3,(H2,13,14,16). The number of aliphatic hydroxyl groups is 1. The highest BCUT2D eigenvalue weighted by Gasteiger charge is 2.06. The molecule has 0 radical (unpaired) electrons. The molecular formula is C11H15FN2O3. The highest BCUT2D eigenvalue weighted by molar-refractivity contribution is 5.89. The zero-order valence-corrected chi connectivity index (χ0v) is 9.50. The van der Waals surface area contributed by atoms with Crippen molar-refractivity contribution in [3.05, 3.63) is 24.0 Å². The second-order valence-corrected chi connectivity index (χ2v) is 3.18. The first-order chi connectivity index (χ1) is 8.17. The molecule has 0 unspecified atom stereocenters. The van der Waals surface area contributed by atoms with E-state index in [-0.39, 0.29) is 18.9 Å². The predicted octanol–water partition coefficient (Wildman–Crippen LogP) is 1.34. The quantitative estimate of drug-likeness (QED) is 0.729. The van der Waals surface area contributed by atoms with Crippen LogP contribution in [0.5, 0.6) is 5.75 Å². The number of amides is 2. The predicted molar refractivity (Wildman–Crippen MR) is 61.7 cm³/mol. The Morgan fingerprint density at radius 3 is 2.88 bits per heavy atom. The lowest BCUT2D eigenvalue weighted by molar-refractivity contribution is 0.245. The molecule has 1 rings (SSSR count). The Kier molecular flexibility index (Phi) is 5.22. The summed E-state index contributed by atoms with van der Waals surface area (Å²) < 4.78 is 18.4. The van der Waals surface area contributed by atoms with Crippen molar-refractivity contribution in [1.82, 2.24) is 5.32 Å². The summed E-state index contributed by atoms with van der Waals surface area (Å²) in [6.07, 6.45) is 0. The van der Waals surface area contributed by atoms with Crippen LogP contribution in [0.4, 0.5) is 14.9 Å². The molecule has 0 saturated carbocycles. The van der Waals surface area contributed by atoms with Crippen LogP contribution < -0.4 is 15.4 Å². The lowest BCUT2D eigenvalue weighted by atomic mass is 10.3. The average Bonchev–Trinajstić information content (AvgIpc) is 2.30. The molecule has 3 N–H and O–H groups in total. The fraction of sp³-hybridized carbons (Fsp3) is 0.364. The van der Waals surface area contributed by atoms with Crippen molar-refractivity contribution in [2.45, 2.75) is 6.92 Å². The van der Waals surface area contributed by atoms with Crippen molar-refractivity contribution >= 4 is 11.7 Å². The average molecular weight is 242 g/mol. The first-order valence-corrected chi connectivity index (χ1v) is 5.25. The van der Waals surface area contributed by atoms with Crippen LogP contribution in [0.3, 0.4) is 0 Å². The number of urea groups is 1. The van der Waals surface area contributed by atoms with E-state index in [2.05, 4.69) is 10.6 Å². The molecule has 94 valence electrons. The first-order valence-electron chi connectivity index (χ1n) is 5.25. The third kappa shape index (κ3) is 4.28. The maximum atomic E-state index is 13.4. The van der Waals surface area contributed by atoms with Gasteiger partial charge in [-0.15, -0.1) is 0 Å². The third-order valence-electron chi connectivity index (χ3n) is 1.89. The zero-order valence-electron chi connectivity index (χ0n) is 9.50. The van der Waals surface area contributed by atoms with E-state index in [1.54, 1.807) is 6.92 Å². The minimum Gasteiger partial charge on any atom is -0.491 e. The molecule has 0 aliphatic carbocycles. The molecule has 1 aromatic carbocycles. The number of ether oxygens (including phenoxy) is 1. The third-order valence-corrected chi connectivity index (χ3v) is 1.89. The monoisotopic (exact) mass is 242 g/mol. The summed E-state index contributed by atoms with van der Waals surface area (Å²) in [5.41, 5.74) is 0.321. The Balaban J connectivity index is 2.60. The minimum absolute atomic E-state index is 0.144. The van der Waals surface area contributed by atoms with Crippen molar-refractivity contribution in [2.24, 2.45) is 0 Å². The lowest BCUT2D eigenvalue weighted by Gasteiger charge is -2.08. The second kappa shape index (κ2) is 6.70. The normalized spacial score (nSPS) is 9.82. The van der Waals surface area contributed by atoms with Gasteiger partial charge in [0.1, 0.15) is 0 Å². The van der Waals surface area contributed by atoms with Crippen molar-refractivity contribution < 1.29 is 19.0 Å². The number of halogens is 1. The van der Waals surface area contributed by atoms with Crippen molar-refractivity contribution in [1.29, 1.82) is 0 Å². The molecule has 0 aromatic heterocycles. The van der Waals surface area contributed by atoms with Crippen LogP contribution in [0.25, 0.3) is 0 Å². The Hall–Kier alpha value is -1.82. The van der Waals surface area contributed by atoms with Gasteiger partial charge >= 0.3 is 6.03 Å². The van der Waals surface area contributed by atoms with E-state index in [9.17, 15) is 9.18 Å². The van der Waals surface area contributed by atoms with Crippen LogP contribution in [0.2, 0.25) is 0 Å². The molecule has 0 aliphatic rings. The number of hydrogen-bond donors (Lipinski definition) is 3. The minimum atomic E-state index is -0.535. The van der Waals surface area contributed by atoms with Crippen LogP contribution in [-0.2, 0) is 0 Å². The van der Waals surface area contributed by atoms with Gasteiger partial charge in [-0.05, 0) is 19.1 Å². The van der Waals surface area contributed by atoms with Crippen LogP contribution in [0, 0.1) is 5.82 Å². The van der Waals surface area contributed by atoms with Crippen LogP contribution in [0.1, 0.15) is 6.92 Å². The maximum absolute atomic E-state index is 13.4. The summed E-state index contributed by atoms with van der Waals surface area (Å²) in [6, 6.07) is 3.65. The van der Waals surface area contributed by atoms with Crippen molar-refractivity contribution in [3.8, 4) is 5.75 Å². The van der Waals surface area contributed by atoms with E-state index in [0.717, 1.165) is 0 Å². The van der Waals surface area contributed by atoms with Crippen molar-refractivity contribution in [3.63, 3.8) is 0 Å². The Morgan fingerprint density at radius 2 is 2.29 bits per heavy atom. The van der Waals surface area contributed by atoms with Gasteiger partial charge in [0, 0.05) is 18.3 Å². The number of carbonyl (C=O) groups is 1. The second-order valence-electron chi connectivity index (χ2n) is 3.18. The summed E-state index contributed by atoms with van der Waals surface area (Å²) in [4.78, 5) is 11.2. The van der Waals surface area contributed by atoms with E-state index >= 15 is 0 Å². The first kappa shape index (κ1) is 13.2. The molecule has 0 heterocycles. The summed E-state index contributed by atoms with van der Waals surface area (Å²) in [5.74, 6) is -0.388. The van der Waals surface area contributed by atoms with Crippen LogP contribution >= 0.6 is 0 Å². The molecule has 1 aromatic rings. The number of benzene rings is 1. The Bertz CT molecular complexity index is 385. The Labute approximate surface area is 98.6 Å². The highest BCUT2D eigenvalue weighted by atomic mass is 19.1. The zero-order chi connectivity index (χ0) is 12.7. The topological polar surface area (TPSA) is 70.6 Å². The fourth-order valence-corrected chi connectivity index (χ4v) is 1.20. The molecule has 0 bridgehead atoms. The van der Waals surface area contributed by atoms with Gasteiger partial charge in [-0.2, -0.15) is 0 Å². The molecule has 0 aliphatic heterocycles. The van der Waals surface area contributed by atoms with E-state index in [4.69, 9.17) is 9.84 Å². The van der Waals surface area contributed by atoms with Crippen LogP contribution in [0.15, 0.2) is 18.2 Å². The summed E-state index contributed by atoms with van der Waals surface area (Å²) in [6.45, 7) is 2.13. The highest BCUT2D eigenvalue weighted by Crippen LogP contribution is 2.20. The summed E-state index contributed by atoms with van der Waals surface area (Å²) in [5, 5.41) is 13.3. The number of hydrogen-bond acceptors (Lipinski definition) is 3. The van der Waals surface area contributed by atoms with E-state index in [1.165, 1.54) is 18.2 Å². The largest absolute Gasteiger partial charge is 0.491 e. The molecule has 0 saturated heterocycles. The molecule has 0 atom stereocenters. The molecule has 17 heavy (non-hydrogen) atoms. The molecule has 6 heteroatoms. The van der Waals surface area contributed by atoms with E-state index < -0.39 is 11.8 Å². The molecule has 0 fully saturated rings. The molecule has 5 nitrogen and oxygen atoms in total. The van der Waals surface area contributed by atoms with Gasteiger partial charge in [-0.3, -0.25) is 0 Å². The SMILES string of the molecule is CCOc1ccc(NC(=O)NCCO)cc1F.